The summed E-state index contributed by atoms with van der Waals surface area (Å²) in [5.41, 5.74) is 0.836. The van der Waals surface area contributed by atoms with Crippen LogP contribution in [0, 0.1) is 6.08 Å². The Morgan fingerprint density at radius 3 is 2.92 bits per heavy atom. The summed E-state index contributed by atoms with van der Waals surface area (Å²) < 4.78 is 21.3. The number of anilines is 2. The van der Waals surface area contributed by atoms with E-state index < -0.39 is 6.08 Å². The molecule has 3 N–H and O–H groups in total. The van der Waals surface area contributed by atoms with E-state index in [0.717, 1.165) is 19.3 Å². The number of imidazole rings is 1. The van der Waals surface area contributed by atoms with Crippen molar-refractivity contribution in [3.05, 3.63) is 30.6 Å². The highest BCUT2D eigenvalue weighted by Gasteiger charge is 2.22. The highest BCUT2D eigenvalue weighted by Crippen LogP contribution is 2.35. The first-order chi connectivity index (χ1) is 12.1. The van der Waals surface area contributed by atoms with Gasteiger partial charge in [-0.15, -0.1) is 0 Å². The third-order valence-electron chi connectivity index (χ3n) is 4.13. The van der Waals surface area contributed by atoms with Crippen molar-refractivity contribution in [1.29, 1.82) is 0 Å². The van der Waals surface area contributed by atoms with Crippen molar-refractivity contribution in [2.45, 2.75) is 25.5 Å². The number of ether oxygens (including phenoxy) is 1. The van der Waals surface area contributed by atoms with Crippen LogP contribution in [0.5, 0.6) is 11.5 Å². The minimum Gasteiger partial charge on any atom is -0.504 e. The molecule has 3 heterocycles. The lowest BCUT2D eigenvalue weighted by molar-refractivity contribution is -0.0298. The first-order valence-corrected chi connectivity index (χ1v) is 7.93. The molecule has 25 heavy (non-hydrogen) atoms. The maximum absolute atomic E-state index is 13.9. The minimum atomic E-state index is -0.924. The summed E-state index contributed by atoms with van der Waals surface area (Å²) in [5.74, 6) is -0.556. The molecule has 1 unspecified atom stereocenters. The molecular formula is C16H16FN5O3. The van der Waals surface area contributed by atoms with Crippen molar-refractivity contribution < 1.29 is 19.3 Å². The number of nitrogens with one attached hydrogen (secondary N) is 1. The Morgan fingerprint density at radius 2 is 2.12 bits per heavy atom. The SMILES string of the molecule is Oc1cccc(Nc2nc(F)nc3c2ncn3C2CCCCO2)c1O. The van der Waals surface area contributed by atoms with Crippen LogP contribution in [0.4, 0.5) is 15.9 Å². The fraction of sp³-hybridized carbons (Fsp3) is 0.312. The molecule has 130 valence electrons. The average molecular weight is 345 g/mol. The largest absolute Gasteiger partial charge is 0.504 e. The zero-order valence-electron chi connectivity index (χ0n) is 13.2. The number of nitrogens with zero attached hydrogens (tertiary/aromatic N) is 4. The van der Waals surface area contributed by atoms with E-state index in [1.54, 1.807) is 17.0 Å². The summed E-state index contributed by atoms with van der Waals surface area (Å²) in [7, 11) is 0. The molecule has 0 aliphatic carbocycles. The zero-order chi connectivity index (χ0) is 17.4. The molecule has 1 saturated heterocycles. The van der Waals surface area contributed by atoms with Crippen LogP contribution in [-0.4, -0.2) is 36.3 Å². The van der Waals surface area contributed by atoms with E-state index in [9.17, 15) is 14.6 Å². The van der Waals surface area contributed by atoms with Gasteiger partial charge < -0.3 is 20.3 Å². The molecule has 8 nitrogen and oxygen atoms in total. The van der Waals surface area contributed by atoms with Crippen molar-refractivity contribution in [1.82, 2.24) is 19.5 Å². The summed E-state index contributed by atoms with van der Waals surface area (Å²) >= 11 is 0. The van der Waals surface area contributed by atoms with Gasteiger partial charge in [0.15, 0.2) is 28.5 Å². The molecular weight excluding hydrogens is 329 g/mol. The lowest BCUT2D eigenvalue weighted by Crippen LogP contribution is -2.18. The Labute approximate surface area is 141 Å². The van der Waals surface area contributed by atoms with Gasteiger partial charge in [-0.05, 0) is 31.4 Å². The van der Waals surface area contributed by atoms with Gasteiger partial charge in [-0.1, -0.05) is 6.07 Å². The normalized spacial score (nSPS) is 17.7. The van der Waals surface area contributed by atoms with Crippen LogP contribution in [0.2, 0.25) is 0 Å². The summed E-state index contributed by atoms with van der Waals surface area (Å²) in [5, 5.41) is 22.3. The van der Waals surface area contributed by atoms with E-state index in [0.29, 0.717) is 17.8 Å². The molecule has 1 aliphatic rings. The third kappa shape index (κ3) is 2.82. The summed E-state index contributed by atoms with van der Waals surface area (Å²) in [4.78, 5) is 11.8. The molecule has 0 spiro atoms. The Bertz CT molecular complexity index is 924. The second-order valence-corrected chi connectivity index (χ2v) is 5.78. The minimum absolute atomic E-state index is 0.0953. The second kappa shape index (κ2) is 6.17. The van der Waals surface area contributed by atoms with Crippen molar-refractivity contribution in [2.24, 2.45) is 0 Å². The van der Waals surface area contributed by atoms with E-state index in [-0.39, 0.29) is 29.2 Å². The summed E-state index contributed by atoms with van der Waals surface area (Å²) in [6.45, 7) is 0.639. The quantitative estimate of drug-likeness (QED) is 0.495. The first-order valence-electron chi connectivity index (χ1n) is 7.93. The van der Waals surface area contributed by atoms with Gasteiger partial charge in [-0.25, -0.2) is 4.98 Å². The monoisotopic (exact) mass is 345 g/mol. The number of para-hydroxylation sites is 1. The standard InChI is InChI=1S/C16H16FN5O3/c17-16-20-14(19-9-4-3-5-10(23)13(9)24)12-15(21-16)22(8-18-12)11-6-1-2-7-25-11/h3-5,8,11,23-24H,1-2,6-7H2,(H,19,20,21). The Balaban J connectivity index is 1.77. The van der Waals surface area contributed by atoms with Crippen molar-refractivity contribution in [3.63, 3.8) is 0 Å². The van der Waals surface area contributed by atoms with Crippen LogP contribution in [0.25, 0.3) is 11.2 Å². The predicted octanol–water partition coefficient (Wildman–Crippen LogP) is 2.82. The van der Waals surface area contributed by atoms with Crippen LogP contribution >= 0.6 is 0 Å². The summed E-state index contributed by atoms with van der Waals surface area (Å²) in [6.07, 6.45) is 3.19. The van der Waals surface area contributed by atoms with E-state index in [1.165, 1.54) is 12.1 Å². The number of hydrogen-bond donors (Lipinski definition) is 3. The van der Waals surface area contributed by atoms with Crippen LogP contribution in [-0.2, 0) is 4.74 Å². The van der Waals surface area contributed by atoms with Gasteiger partial charge >= 0.3 is 6.08 Å². The fourth-order valence-electron chi connectivity index (χ4n) is 2.89. The molecule has 2 aromatic heterocycles. The smallest absolute Gasteiger partial charge is 0.312 e. The maximum atomic E-state index is 13.9. The topological polar surface area (TPSA) is 105 Å². The molecule has 1 aliphatic heterocycles. The Kier molecular flexibility index (Phi) is 3.85. The number of rotatable bonds is 3. The molecule has 0 amide bonds. The van der Waals surface area contributed by atoms with Gasteiger partial charge in [0, 0.05) is 6.61 Å². The lowest BCUT2D eigenvalue weighted by atomic mass is 10.2. The average Bonchev–Trinajstić information content (AvgIpc) is 3.03. The number of aromatic hydroxyl groups is 2. The molecule has 0 saturated carbocycles. The van der Waals surface area contributed by atoms with Crippen molar-refractivity contribution in [2.75, 3.05) is 11.9 Å². The molecule has 1 fully saturated rings. The number of phenolic OH excluding ortho intramolecular Hbond substituents is 2. The van der Waals surface area contributed by atoms with Gasteiger partial charge in [0.05, 0.1) is 12.0 Å². The third-order valence-corrected chi connectivity index (χ3v) is 4.13. The highest BCUT2D eigenvalue weighted by atomic mass is 19.1. The van der Waals surface area contributed by atoms with Crippen LogP contribution < -0.4 is 5.32 Å². The van der Waals surface area contributed by atoms with Crippen LogP contribution in [0.15, 0.2) is 24.5 Å². The van der Waals surface area contributed by atoms with Gasteiger partial charge in [-0.2, -0.15) is 14.4 Å². The Morgan fingerprint density at radius 1 is 1.24 bits per heavy atom. The molecule has 4 rings (SSSR count). The molecule has 0 bridgehead atoms. The van der Waals surface area contributed by atoms with E-state index in [1.807, 2.05) is 0 Å². The molecule has 3 aromatic rings. The molecule has 0 radical (unpaired) electrons. The van der Waals surface area contributed by atoms with Gasteiger partial charge in [0.25, 0.3) is 0 Å². The number of halogens is 1. The van der Waals surface area contributed by atoms with E-state index in [2.05, 4.69) is 20.3 Å². The van der Waals surface area contributed by atoms with Gasteiger partial charge in [0.1, 0.15) is 6.23 Å². The van der Waals surface area contributed by atoms with E-state index in [4.69, 9.17) is 4.74 Å². The molecule has 9 heteroatoms. The van der Waals surface area contributed by atoms with Gasteiger partial charge in [0.2, 0.25) is 0 Å². The fourth-order valence-corrected chi connectivity index (χ4v) is 2.89. The predicted molar refractivity (Wildman–Crippen MR) is 87.2 cm³/mol. The number of aromatic nitrogens is 4. The maximum Gasteiger partial charge on any atom is 0.312 e. The molecule has 1 aromatic carbocycles. The summed E-state index contributed by atoms with van der Waals surface area (Å²) in [6, 6.07) is 4.41. The second-order valence-electron chi connectivity index (χ2n) is 5.78. The number of fused-ring (bicyclic) bond motifs is 1. The van der Waals surface area contributed by atoms with Crippen LogP contribution in [0.3, 0.4) is 0 Å². The van der Waals surface area contributed by atoms with Crippen LogP contribution in [0.1, 0.15) is 25.5 Å². The number of hydrogen-bond acceptors (Lipinski definition) is 7. The highest BCUT2D eigenvalue weighted by molar-refractivity contribution is 5.86. The lowest BCUT2D eigenvalue weighted by Gasteiger charge is -2.23. The van der Waals surface area contributed by atoms with Crippen molar-refractivity contribution in [3.8, 4) is 11.5 Å². The Hall–Kier alpha value is -2.94. The molecule has 1 atom stereocenters. The number of phenols is 2. The van der Waals surface area contributed by atoms with Gasteiger partial charge in [-0.3, -0.25) is 4.57 Å². The first kappa shape index (κ1) is 15.6. The van der Waals surface area contributed by atoms with E-state index >= 15 is 0 Å². The zero-order valence-corrected chi connectivity index (χ0v) is 13.2. The number of benzene rings is 1. The van der Waals surface area contributed by atoms with Crippen molar-refractivity contribution >= 4 is 22.7 Å².